The van der Waals surface area contributed by atoms with E-state index in [1.807, 2.05) is 24.3 Å². The van der Waals surface area contributed by atoms with Crippen molar-refractivity contribution in [3.8, 4) is 0 Å². The molecule has 0 saturated carbocycles. The summed E-state index contributed by atoms with van der Waals surface area (Å²) in [6.45, 7) is 1.11. The minimum Gasteiger partial charge on any atom is -1.00 e. The molecule has 0 atom stereocenters. The average molecular weight is 423 g/mol. The Balaban J connectivity index is 0.00000200. The summed E-state index contributed by atoms with van der Waals surface area (Å²) in [6.07, 6.45) is 6.97. The Morgan fingerprint density at radius 2 is 1.90 bits per heavy atom. The van der Waals surface area contributed by atoms with Gasteiger partial charge in [-0.15, -0.1) is 0 Å². The van der Waals surface area contributed by atoms with Gasteiger partial charge in [-0.2, -0.15) is 0 Å². The van der Waals surface area contributed by atoms with Crippen LogP contribution in [0.2, 0.25) is 5.02 Å². The van der Waals surface area contributed by atoms with Gasteiger partial charge in [0, 0.05) is 10.6 Å². The predicted octanol–water partition coefficient (Wildman–Crippen LogP) is 1.07. The maximum atomic E-state index is 5.94. The molecule has 110 valence electrons. The number of hydrogen-bond donors (Lipinski definition) is 0. The summed E-state index contributed by atoms with van der Waals surface area (Å²) in [5.74, 6) is 1.21. The molecule has 1 aromatic carbocycles. The Morgan fingerprint density at radius 3 is 2.55 bits per heavy atom. The summed E-state index contributed by atoms with van der Waals surface area (Å²) in [7, 11) is 2.14. The van der Waals surface area contributed by atoms with Crippen molar-refractivity contribution in [2.24, 2.45) is 4.99 Å². The lowest BCUT2D eigenvalue weighted by Gasteiger charge is -2.01. The molecule has 1 heterocycles. The molecule has 0 aliphatic carbocycles. The quantitative estimate of drug-likeness (QED) is 0.286. The Hall–Kier alpha value is -0.0700. The molecular formula is C15H20ClIN2S. The molecule has 0 fully saturated rings. The molecule has 1 aliphatic rings. The number of halogens is 2. The third-order valence-electron chi connectivity index (χ3n) is 3.35. The predicted molar refractivity (Wildman–Crippen MR) is 86.0 cm³/mol. The van der Waals surface area contributed by atoms with Gasteiger partial charge in [0.1, 0.15) is 0 Å². The maximum absolute atomic E-state index is 5.94. The highest BCUT2D eigenvalue weighted by atomic mass is 127. The molecule has 0 saturated heterocycles. The summed E-state index contributed by atoms with van der Waals surface area (Å²) < 4.78 is 2.29. The van der Waals surface area contributed by atoms with Gasteiger partial charge in [-0.25, -0.2) is 0 Å². The van der Waals surface area contributed by atoms with E-state index in [0.29, 0.717) is 0 Å². The number of thioether (sulfide) groups is 1. The zero-order chi connectivity index (χ0) is 13.7. The fourth-order valence-corrected chi connectivity index (χ4v) is 2.90. The van der Waals surface area contributed by atoms with Gasteiger partial charge in [0.15, 0.2) is 0 Å². The van der Waals surface area contributed by atoms with Crippen LogP contribution >= 0.6 is 23.4 Å². The highest BCUT2D eigenvalue weighted by molar-refractivity contribution is 8.13. The molecule has 0 N–H and O–H groups in total. The molecule has 0 aromatic heterocycles. The molecule has 0 bridgehead atoms. The van der Waals surface area contributed by atoms with Crippen molar-refractivity contribution in [2.45, 2.75) is 25.7 Å². The van der Waals surface area contributed by atoms with Crippen LogP contribution in [0.4, 0.5) is 0 Å². The first kappa shape index (κ1) is 18.0. The lowest BCUT2D eigenvalue weighted by atomic mass is 10.2. The van der Waals surface area contributed by atoms with Gasteiger partial charge in [0.2, 0.25) is 5.04 Å². The largest absolute Gasteiger partial charge is 1.00 e. The van der Waals surface area contributed by atoms with Crippen LogP contribution in [0.25, 0.3) is 0 Å². The molecule has 1 aliphatic heterocycles. The molecule has 1 aromatic rings. The van der Waals surface area contributed by atoms with Crippen LogP contribution < -0.4 is 24.0 Å². The van der Waals surface area contributed by atoms with Crippen LogP contribution in [0.1, 0.15) is 31.2 Å². The van der Waals surface area contributed by atoms with Crippen molar-refractivity contribution in [2.75, 3.05) is 19.8 Å². The van der Waals surface area contributed by atoms with Crippen LogP contribution in [-0.2, 0) is 0 Å². The Morgan fingerprint density at radius 1 is 1.20 bits per heavy atom. The SMILES string of the molecule is CSC(=NC1=[N+](C)CCCCC1)c1ccc(Cl)cc1.[I-]. The van der Waals surface area contributed by atoms with Gasteiger partial charge < -0.3 is 24.0 Å². The molecule has 0 unspecified atom stereocenters. The standard InChI is InChI=1S/C15H20ClN2S.HI/c1-18-11-5-3-4-6-14(18)17-15(19-2)12-7-9-13(16)10-8-12;/h7-10H,3-6,11H2,1-2H3;1H/q+1;/p-1. The Bertz CT molecular complexity index is 497. The van der Waals surface area contributed by atoms with Crippen LogP contribution in [0.3, 0.4) is 0 Å². The minimum atomic E-state index is 0. The van der Waals surface area contributed by atoms with E-state index in [-0.39, 0.29) is 24.0 Å². The van der Waals surface area contributed by atoms with Crippen LogP contribution in [0.15, 0.2) is 29.3 Å². The summed E-state index contributed by atoms with van der Waals surface area (Å²) in [5, 5.41) is 1.84. The van der Waals surface area contributed by atoms with Gasteiger partial charge in [0.05, 0.1) is 20.0 Å². The van der Waals surface area contributed by atoms with Crippen LogP contribution in [0, 0.1) is 0 Å². The molecule has 2 rings (SSSR count). The fourth-order valence-electron chi connectivity index (χ4n) is 2.21. The van der Waals surface area contributed by atoms with Crippen molar-refractivity contribution in [3.05, 3.63) is 34.9 Å². The second-order valence-corrected chi connectivity index (χ2v) is 6.01. The van der Waals surface area contributed by atoms with Crippen molar-refractivity contribution >= 4 is 34.2 Å². The smallest absolute Gasteiger partial charge is 0.294 e. The summed E-state index contributed by atoms with van der Waals surface area (Å²) >= 11 is 7.63. The molecule has 20 heavy (non-hydrogen) atoms. The van der Waals surface area contributed by atoms with Crippen molar-refractivity contribution in [1.82, 2.24) is 0 Å². The van der Waals surface area contributed by atoms with E-state index in [9.17, 15) is 0 Å². The topological polar surface area (TPSA) is 15.4 Å². The lowest BCUT2D eigenvalue weighted by Crippen LogP contribution is -3.00. The second-order valence-electron chi connectivity index (χ2n) is 4.78. The third kappa shape index (κ3) is 5.04. The molecule has 0 spiro atoms. The molecule has 5 heteroatoms. The Kier molecular flexibility index (Phi) is 8.14. The van der Waals surface area contributed by atoms with Crippen LogP contribution in [0.5, 0.6) is 0 Å². The second kappa shape index (κ2) is 9.05. The fraction of sp³-hybridized carbons (Fsp3) is 0.467. The third-order valence-corrected chi connectivity index (χ3v) is 4.32. The van der Waals surface area contributed by atoms with Gasteiger partial charge in [-0.3, -0.25) is 4.58 Å². The highest BCUT2D eigenvalue weighted by Crippen LogP contribution is 2.17. The summed E-state index contributed by atoms with van der Waals surface area (Å²) in [6, 6.07) is 7.91. The summed E-state index contributed by atoms with van der Waals surface area (Å²) in [4.78, 5) is 4.87. The lowest BCUT2D eigenvalue weighted by molar-refractivity contribution is -0.498. The number of hydrogen-bond acceptors (Lipinski definition) is 2. The number of amidine groups is 1. The Labute approximate surface area is 147 Å². The zero-order valence-corrected chi connectivity index (χ0v) is 15.6. The molecule has 0 amide bonds. The number of rotatable bonds is 1. The van der Waals surface area contributed by atoms with Gasteiger partial charge in [-0.05, 0) is 54.8 Å². The normalized spacial score (nSPS) is 16.6. The number of aliphatic imine (C=N–C) groups is 1. The first-order valence-corrected chi connectivity index (χ1v) is 8.26. The average Bonchev–Trinajstić information content (AvgIpc) is 2.62. The summed E-state index contributed by atoms with van der Waals surface area (Å²) in [5.41, 5.74) is 1.14. The van der Waals surface area contributed by atoms with Crippen molar-refractivity contribution in [3.63, 3.8) is 0 Å². The number of benzene rings is 1. The van der Waals surface area contributed by atoms with Crippen molar-refractivity contribution < 1.29 is 28.6 Å². The van der Waals surface area contributed by atoms with Crippen LogP contribution in [-0.4, -0.2) is 35.3 Å². The van der Waals surface area contributed by atoms with E-state index in [2.05, 4.69) is 17.9 Å². The van der Waals surface area contributed by atoms with E-state index < -0.39 is 0 Å². The molecule has 2 nitrogen and oxygen atoms in total. The van der Waals surface area contributed by atoms with E-state index in [4.69, 9.17) is 16.6 Å². The minimum absolute atomic E-state index is 0. The monoisotopic (exact) mass is 422 g/mol. The first-order chi connectivity index (χ1) is 9.20. The van der Waals surface area contributed by atoms with E-state index in [1.54, 1.807) is 11.8 Å². The van der Waals surface area contributed by atoms with Gasteiger partial charge in [0.25, 0.3) is 5.84 Å². The highest BCUT2D eigenvalue weighted by Gasteiger charge is 2.17. The van der Waals surface area contributed by atoms with E-state index in [0.717, 1.165) is 28.6 Å². The maximum Gasteiger partial charge on any atom is 0.294 e. The number of nitrogens with zero attached hydrogens (tertiary/aromatic N) is 2. The molecular weight excluding hydrogens is 403 g/mol. The van der Waals surface area contributed by atoms with Crippen molar-refractivity contribution in [1.29, 1.82) is 0 Å². The van der Waals surface area contributed by atoms with E-state index in [1.165, 1.54) is 25.1 Å². The first-order valence-electron chi connectivity index (χ1n) is 6.66. The van der Waals surface area contributed by atoms with Gasteiger partial charge in [-0.1, -0.05) is 23.4 Å². The zero-order valence-electron chi connectivity index (χ0n) is 11.9. The van der Waals surface area contributed by atoms with E-state index >= 15 is 0 Å². The van der Waals surface area contributed by atoms with Gasteiger partial charge >= 0.3 is 0 Å². The molecule has 0 radical (unpaired) electrons.